The van der Waals surface area contributed by atoms with Crippen LogP contribution in [0.5, 0.6) is 5.75 Å². The lowest BCUT2D eigenvalue weighted by Crippen LogP contribution is -2.02. The molecule has 2 atom stereocenters. The number of aliphatic hydroxyl groups excluding tert-OH is 1. The molecule has 0 saturated heterocycles. The quantitative estimate of drug-likeness (QED) is 0.740. The van der Waals surface area contributed by atoms with E-state index in [2.05, 4.69) is 0 Å². The van der Waals surface area contributed by atoms with Crippen molar-refractivity contribution in [3.05, 3.63) is 30.3 Å². The number of benzene rings is 1. The summed E-state index contributed by atoms with van der Waals surface area (Å²) in [5.74, 6) is 1.06. The van der Waals surface area contributed by atoms with Crippen molar-refractivity contribution in [2.45, 2.75) is 26.4 Å². The maximum absolute atomic E-state index is 12.4. The zero-order valence-corrected chi connectivity index (χ0v) is 12.3. The molecule has 0 bridgehead atoms. The molecule has 102 valence electrons. The van der Waals surface area contributed by atoms with Crippen LogP contribution >= 0.6 is 18.2 Å². The van der Waals surface area contributed by atoms with E-state index in [1.165, 1.54) is 0 Å². The van der Waals surface area contributed by atoms with E-state index in [-0.39, 0.29) is 0 Å². The second kappa shape index (κ2) is 7.85. The van der Waals surface area contributed by atoms with Crippen LogP contribution in [-0.4, -0.2) is 23.6 Å². The van der Waals surface area contributed by atoms with Gasteiger partial charge in [0.1, 0.15) is 5.75 Å². The van der Waals surface area contributed by atoms with Crippen LogP contribution in [0.1, 0.15) is 20.3 Å². The Morgan fingerprint density at radius 1 is 1.39 bits per heavy atom. The summed E-state index contributed by atoms with van der Waals surface area (Å²) in [5.41, 5.74) is 0. The minimum atomic E-state index is -3.19. The van der Waals surface area contributed by atoms with Gasteiger partial charge in [-0.1, -0.05) is 18.2 Å². The summed E-state index contributed by atoms with van der Waals surface area (Å²) in [7, 11) is 0. The van der Waals surface area contributed by atoms with Crippen molar-refractivity contribution in [1.29, 1.82) is 0 Å². The molecule has 0 heterocycles. The van der Waals surface area contributed by atoms with Gasteiger partial charge in [-0.25, -0.2) is 4.57 Å². The maximum Gasteiger partial charge on any atom is 0.440 e. The van der Waals surface area contributed by atoms with Crippen LogP contribution in [0.2, 0.25) is 0 Å². The molecule has 6 heteroatoms. The second-order valence-electron chi connectivity index (χ2n) is 3.74. The Morgan fingerprint density at radius 2 is 2.06 bits per heavy atom. The first kappa shape index (κ1) is 15.6. The summed E-state index contributed by atoms with van der Waals surface area (Å²) < 4.78 is 23.1. The van der Waals surface area contributed by atoms with E-state index in [9.17, 15) is 9.67 Å². The lowest BCUT2D eigenvalue weighted by atomic mass is 10.3. The van der Waals surface area contributed by atoms with Crippen molar-refractivity contribution in [3.8, 4) is 5.75 Å². The van der Waals surface area contributed by atoms with Crippen LogP contribution in [0.25, 0.3) is 0 Å². The van der Waals surface area contributed by atoms with Gasteiger partial charge in [-0.3, -0.25) is 4.52 Å². The van der Waals surface area contributed by atoms with Crippen molar-refractivity contribution in [1.82, 2.24) is 0 Å². The summed E-state index contributed by atoms with van der Waals surface area (Å²) in [6.45, 7) is 0.606. The molecule has 1 aromatic carbocycles. The summed E-state index contributed by atoms with van der Waals surface area (Å²) in [4.78, 5) is 0. The van der Waals surface area contributed by atoms with Crippen LogP contribution < -0.4 is 4.52 Å². The first-order chi connectivity index (χ1) is 8.56. The van der Waals surface area contributed by atoms with Crippen LogP contribution in [0.3, 0.4) is 0 Å². The third-order valence-electron chi connectivity index (χ3n) is 2.03. The van der Waals surface area contributed by atoms with E-state index in [4.69, 9.17) is 9.05 Å². The molecule has 1 aromatic rings. The number of hydrogen-bond donors (Lipinski definition) is 1. The van der Waals surface area contributed by atoms with Gasteiger partial charge in [-0.05, 0) is 43.8 Å². The third-order valence-corrected chi connectivity index (χ3v) is 5.81. The minimum absolute atomic E-state index is 0.325. The van der Waals surface area contributed by atoms with Crippen molar-refractivity contribution in [2.24, 2.45) is 0 Å². The van der Waals surface area contributed by atoms with Crippen LogP contribution in [0, 0.1) is 0 Å². The summed E-state index contributed by atoms with van der Waals surface area (Å²) in [5, 5.41) is 9.18. The Balaban J connectivity index is 2.59. The number of hydrogen-bond acceptors (Lipinski definition) is 5. The topological polar surface area (TPSA) is 55.8 Å². The molecule has 2 unspecified atom stereocenters. The molecule has 0 aromatic heterocycles. The standard InChI is InChI=1S/C12H19O4PS/c1-3-15-17(14,18-10-9-11(2)13)16-12-7-5-4-6-8-12/h4-8,11,13H,3,9-10H2,1-2H3. The number of rotatable bonds is 8. The van der Waals surface area contributed by atoms with Crippen LogP contribution in [-0.2, 0) is 9.09 Å². The van der Waals surface area contributed by atoms with Gasteiger partial charge in [0, 0.05) is 5.75 Å². The summed E-state index contributed by atoms with van der Waals surface area (Å²) >= 11 is 1.12. The molecule has 1 N–H and O–H groups in total. The Bertz CT molecular complexity index is 383. The summed E-state index contributed by atoms with van der Waals surface area (Å²) in [6, 6.07) is 8.96. The van der Waals surface area contributed by atoms with Gasteiger partial charge in [0.05, 0.1) is 12.7 Å². The van der Waals surface area contributed by atoms with E-state index in [1.54, 1.807) is 26.0 Å². The molecule has 1 rings (SSSR count). The molecule has 0 aliphatic heterocycles. The minimum Gasteiger partial charge on any atom is -0.417 e. The molecule has 0 fully saturated rings. The molecule has 0 radical (unpaired) electrons. The average molecular weight is 290 g/mol. The number of aliphatic hydroxyl groups is 1. The molecule has 0 saturated carbocycles. The second-order valence-corrected chi connectivity index (χ2v) is 7.86. The normalized spacial score (nSPS) is 15.9. The van der Waals surface area contributed by atoms with Gasteiger partial charge in [0.15, 0.2) is 0 Å². The molecule has 0 aliphatic rings. The Morgan fingerprint density at radius 3 is 2.61 bits per heavy atom. The van der Waals surface area contributed by atoms with E-state index in [0.29, 0.717) is 24.5 Å². The highest BCUT2D eigenvalue weighted by atomic mass is 32.7. The van der Waals surface area contributed by atoms with Gasteiger partial charge >= 0.3 is 6.80 Å². The molecular weight excluding hydrogens is 271 g/mol. The van der Waals surface area contributed by atoms with E-state index >= 15 is 0 Å². The highest BCUT2D eigenvalue weighted by Crippen LogP contribution is 2.60. The molecular formula is C12H19O4PS. The van der Waals surface area contributed by atoms with Gasteiger partial charge in [0.2, 0.25) is 0 Å². The fraction of sp³-hybridized carbons (Fsp3) is 0.500. The van der Waals surface area contributed by atoms with E-state index < -0.39 is 12.9 Å². The zero-order chi connectivity index (χ0) is 13.4. The van der Waals surface area contributed by atoms with Crippen molar-refractivity contribution in [2.75, 3.05) is 12.4 Å². The monoisotopic (exact) mass is 290 g/mol. The van der Waals surface area contributed by atoms with Gasteiger partial charge in [0.25, 0.3) is 0 Å². The van der Waals surface area contributed by atoms with Crippen molar-refractivity contribution >= 4 is 18.2 Å². The predicted octanol–water partition coefficient (Wildman–Crippen LogP) is 3.71. The molecule has 0 aliphatic carbocycles. The van der Waals surface area contributed by atoms with Crippen LogP contribution in [0.15, 0.2) is 30.3 Å². The highest BCUT2D eigenvalue weighted by Gasteiger charge is 2.26. The molecule has 0 amide bonds. The van der Waals surface area contributed by atoms with E-state index in [1.807, 2.05) is 18.2 Å². The fourth-order valence-electron chi connectivity index (χ4n) is 1.19. The third kappa shape index (κ3) is 5.91. The summed E-state index contributed by atoms with van der Waals surface area (Å²) in [6.07, 6.45) is 0.143. The van der Waals surface area contributed by atoms with Gasteiger partial charge in [-0.15, -0.1) is 0 Å². The van der Waals surface area contributed by atoms with Crippen molar-refractivity contribution in [3.63, 3.8) is 0 Å². The lowest BCUT2D eigenvalue weighted by Gasteiger charge is -2.17. The highest BCUT2D eigenvalue weighted by molar-refractivity contribution is 8.55. The van der Waals surface area contributed by atoms with Crippen LogP contribution in [0.4, 0.5) is 0 Å². The first-order valence-electron chi connectivity index (χ1n) is 5.87. The Labute approximate surface area is 112 Å². The molecule has 0 spiro atoms. The molecule has 4 nitrogen and oxygen atoms in total. The van der Waals surface area contributed by atoms with Gasteiger partial charge in [-0.2, -0.15) is 0 Å². The average Bonchev–Trinajstić information content (AvgIpc) is 2.29. The van der Waals surface area contributed by atoms with E-state index in [0.717, 1.165) is 11.4 Å². The molecule has 18 heavy (non-hydrogen) atoms. The maximum atomic E-state index is 12.4. The smallest absolute Gasteiger partial charge is 0.417 e. The fourth-order valence-corrected chi connectivity index (χ4v) is 4.68. The first-order valence-corrected chi connectivity index (χ1v) is 9.01. The lowest BCUT2D eigenvalue weighted by molar-refractivity contribution is 0.192. The Kier molecular flexibility index (Phi) is 6.79. The van der Waals surface area contributed by atoms with Gasteiger partial charge < -0.3 is 9.63 Å². The number of para-hydroxylation sites is 1. The largest absolute Gasteiger partial charge is 0.440 e. The predicted molar refractivity (Wildman–Crippen MR) is 75.1 cm³/mol. The Hall–Kier alpha value is -0.480. The van der Waals surface area contributed by atoms with Crippen molar-refractivity contribution < 1.29 is 18.7 Å². The SMILES string of the molecule is CCOP(=O)(Oc1ccccc1)SCCC(C)O. The zero-order valence-electron chi connectivity index (χ0n) is 10.6.